The van der Waals surface area contributed by atoms with Gasteiger partial charge in [0.1, 0.15) is 18.3 Å². The summed E-state index contributed by atoms with van der Waals surface area (Å²) in [6.07, 6.45) is 0.944. The molecule has 4 aromatic carbocycles. The standard InChI is InChI=1S/C36H40BrN3O5S/c1-5-27(3)38-36(42)34(22-28-11-7-6-8-12-28)39(24-29-13-9-16-32(21-29)45-4)35(41)25-40(31-15-10-14-30(37)23-31)46(43,44)33-19-17-26(2)18-20-33/h6-21,23,27,34H,5,22,24-25H2,1-4H3,(H,38,42)/t27-,34+/m0/s1. The van der Waals surface area contributed by atoms with Crippen molar-refractivity contribution in [1.82, 2.24) is 10.2 Å². The molecule has 8 nitrogen and oxygen atoms in total. The van der Waals surface area contributed by atoms with E-state index in [1.165, 1.54) is 17.0 Å². The second kappa shape index (κ2) is 15.9. The molecule has 0 radical (unpaired) electrons. The fourth-order valence-electron chi connectivity index (χ4n) is 4.96. The van der Waals surface area contributed by atoms with Gasteiger partial charge in [-0.1, -0.05) is 89.1 Å². The first-order valence-corrected chi connectivity index (χ1v) is 17.4. The Labute approximate surface area is 280 Å². The van der Waals surface area contributed by atoms with Crippen LogP contribution in [0.5, 0.6) is 5.75 Å². The van der Waals surface area contributed by atoms with E-state index in [9.17, 15) is 18.0 Å². The molecule has 4 rings (SSSR count). The zero-order chi connectivity index (χ0) is 33.3. The summed E-state index contributed by atoms with van der Waals surface area (Å²) in [6.45, 7) is 5.29. The zero-order valence-corrected chi connectivity index (χ0v) is 28.9. The highest BCUT2D eigenvalue weighted by atomic mass is 79.9. The van der Waals surface area contributed by atoms with Crippen LogP contribution in [0.3, 0.4) is 0 Å². The van der Waals surface area contributed by atoms with Crippen molar-refractivity contribution in [3.05, 3.63) is 124 Å². The summed E-state index contributed by atoms with van der Waals surface area (Å²) < 4.78 is 35.5. The zero-order valence-electron chi connectivity index (χ0n) is 26.5. The number of amides is 2. The van der Waals surface area contributed by atoms with E-state index < -0.39 is 28.5 Å². The first kappa shape index (κ1) is 34.7. The molecule has 4 aromatic rings. The SMILES string of the molecule is CC[C@H](C)NC(=O)[C@@H](Cc1ccccc1)N(Cc1cccc(OC)c1)C(=O)CN(c1cccc(Br)c1)S(=O)(=O)c1ccc(C)cc1. The smallest absolute Gasteiger partial charge is 0.264 e. The average molecular weight is 707 g/mol. The lowest BCUT2D eigenvalue weighted by molar-refractivity contribution is -0.140. The Morgan fingerprint density at radius 2 is 1.57 bits per heavy atom. The van der Waals surface area contributed by atoms with Gasteiger partial charge in [-0.25, -0.2) is 8.42 Å². The number of halogens is 1. The highest BCUT2D eigenvalue weighted by molar-refractivity contribution is 9.10. The number of hydrogen-bond acceptors (Lipinski definition) is 5. The lowest BCUT2D eigenvalue weighted by Gasteiger charge is -2.34. The van der Waals surface area contributed by atoms with Crippen molar-refractivity contribution in [3.63, 3.8) is 0 Å². The quantitative estimate of drug-likeness (QED) is 0.161. The van der Waals surface area contributed by atoms with Crippen LogP contribution < -0.4 is 14.4 Å². The first-order valence-electron chi connectivity index (χ1n) is 15.1. The minimum Gasteiger partial charge on any atom is -0.497 e. The molecule has 0 saturated carbocycles. The van der Waals surface area contributed by atoms with Crippen LogP contribution in [0.2, 0.25) is 0 Å². The number of sulfonamides is 1. The van der Waals surface area contributed by atoms with Crippen LogP contribution in [0.25, 0.3) is 0 Å². The minimum absolute atomic E-state index is 0.0539. The number of rotatable bonds is 14. The molecule has 10 heteroatoms. The molecule has 0 aliphatic rings. The number of anilines is 1. The first-order chi connectivity index (χ1) is 22.0. The number of carbonyl (C=O) groups excluding carboxylic acids is 2. The molecule has 0 unspecified atom stereocenters. The Balaban J connectivity index is 1.82. The predicted octanol–water partition coefficient (Wildman–Crippen LogP) is 6.52. The Morgan fingerprint density at radius 3 is 2.22 bits per heavy atom. The van der Waals surface area contributed by atoms with Crippen LogP contribution in [-0.4, -0.2) is 50.9 Å². The van der Waals surface area contributed by atoms with Gasteiger partial charge in [-0.2, -0.15) is 0 Å². The Kier molecular flexibility index (Phi) is 12.0. The largest absolute Gasteiger partial charge is 0.497 e. The fraction of sp³-hybridized carbons (Fsp3) is 0.278. The third-order valence-corrected chi connectivity index (χ3v) is 10.0. The Morgan fingerprint density at radius 1 is 0.891 bits per heavy atom. The van der Waals surface area contributed by atoms with Crippen molar-refractivity contribution in [3.8, 4) is 5.75 Å². The molecular weight excluding hydrogens is 666 g/mol. The third-order valence-electron chi connectivity index (χ3n) is 7.74. The van der Waals surface area contributed by atoms with E-state index in [0.717, 1.165) is 21.0 Å². The van der Waals surface area contributed by atoms with Gasteiger partial charge < -0.3 is 15.0 Å². The normalized spacial score (nSPS) is 12.5. The molecule has 2 atom stereocenters. The van der Waals surface area contributed by atoms with E-state index in [1.54, 1.807) is 49.6 Å². The molecular formula is C36H40BrN3O5S. The lowest BCUT2D eigenvalue weighted by Crippen LogP contribution is -2.54. The number of benzene rings is 4. The van der Waals surface area contributed by atoms with Gasteiger partial charge in [-0.05, 0) is 73.9 Å². The van der Waals surface area contributed by atoms with Crippen molar-refractivity contribution >= 4 is 43.5 Å². The number of hydrogen-bond donors (Lipinski definition) is 1. The van der Waals surface area contributed by atoms with Crippen molar-refractivity contribution in [2.24, 2.45) is 0 Å². The van der Waals surface area contributed by atoms with Crippen molar-refractivity contribution in [1.29, 1.82) is 0 Å². The molecule has 0 aliphatic heterocycles. The maximum Gasteiger partial charge on any atom is 0.264 e. The Bertz CT molecular complexity index is 1730. The summed E-state index contributed by atoms with van der Waals surface area (Å²) in [7, 11) is -2.62. The number of methoxy groups -OCH3 is 1. The molecule has 46 heavy (non-hydrogen) atoms. The number of ether oxygens (including phenoxy) is 1. The molecule has 0 saturated heterocycles. The number of aryl methyl sites for hydroxylation is 1. The van der Waals surface area contributed by atoms with Crippen molar-refractivity contribution in [2.75, 3.05) is 18.0 Å². The lowest BCUT2D eigenvalue weighted by atomic mass is 10.0. The van der Waals surface area contributed by atoms with E-state index in [1.807, 2.05) is 69.3 Å². The second-order valence-corrected chi connectivity index (χ2v) is 14.0. The molecule has 0 heterocycles. The van der Waals surface area contributed by atoms with Gasteiger partial charge in [0.25, 0.3) is 10.0 Å². The maximum absolute atomic E-state index is 14.6. The highest BCUT2D eigenvalue weighted by Crippen LogP contribution is 2.28. The van der Waals surface area contributed by atoms with Crippen LogP contribution >= 0.6 is 15.9 Å². The van der Waals surface area contributed by atoms with E-state index in [-0.39, 0.29) is 29.8 Å². The molecule has 1 N–H and O–H groups in total. The number of carbonyl (C=O) groups is 2. The monoisotopic (exact) mass is 705 g/mol. The third kappa shape index (κ3) is 8.98. The van der Waals surface area contributed by atoms with E-state index in [2.05, 4.69) is 21.2 Å². The van der Waals surface area contributed by atoms with E-state index in [4.69, 9.17) is 4.74 Å². The molecule has 2 amide bonds. The summed E-state index contributed by atoms with van der Waals surface area (Å²) >= 11 is 3.44. The van der Waals surface area contributed by atoms with Crippen LogP contribution in [0.4, 0.5) is 5.69 Å². The summed E-state index contributed by atoms with van der Waals surface area (Å²) in [5.74, 6) is -0.241. The van der Waals surface area contributed by atoms with Crippen LogP contribution in [0.15, 0.2) is 112 Å². The van der Waals surface area contributed by atoms with Gasteiger partial charge in [0.05, 0.1) is 17.7 Å². The summed E-state index contributed by atoms with van der Waals surface area (Å²) in [5.41, 5.74) is 2.82. The average Bonchev–Trinajstić information content (AvgIpc) is 3.05. The second-order valence-electron chi connectivity index (χ2n) is 11.2. The van der Waals surface area contributed by atoms with Crippen molar-refractivity contribution < 1.29 is 22.7 Å². The van der Waals surface area contributed by atoms with Gasteiger partial charge >= 0.3 is 0 Å². The minimum atomic E-state index is -4.18. The van der Waals surface area contributed by atoms with Crippen LogP contribution in [0.1, 0.15) is 37.0 Å². The molecule has 0 fully saturated rings. The van der Waals surface area contributed by atoms with E-state index >= 15 is 0 Å². The van der Waals surface area contributed by atoms with Gasteiger partial charge in [0, 0.05) is 23.5 Å². The Hall–Kier alpha value is -4.15. The van der Waals surface area contributed by atoms with Crippen LogP contribution in [0, 0.1) is 6.92 Å². The van der Waals surface area contributed by atoms with Gasteiger partial charge in [-0.3, -0.25) is 13.9 Å². The van der Waals surface area contributed by atoms with Crippen molar-refractivity contribution in [2.45, 2.75) is 57.1 Å². The van der Waals surface area contributed by atoms with Gasteiger partial charge in [-0.15, -0.1) is 0 Å². The number of nitrogens with zero attached hydrogens (tertiary/aromatic N) is 2. The summed E-state index contributed by atoms with van der Waals surface area (Å²) in [5, 5.41) is 3.05. The maximum atomic E-state index is 14.6. The summed E-state index contributed by atoms with van der Waals surface area (Å²) in [6, 6.07) is 29.0. The predicted molar refractivity (Wildman–Crippen MR) is 185 cm³/mol. The van der Waals surface area contributed by atoms with Crippen LogP contribution in [-0.2, 0) is 32.6 Å². The highest BCUT2D eigenvalue weighted by Gasteiger charge is 2.35. The van der Waals surface area contributed by atoms with E-state index in [0.29, 0.717) is 22.3 Å². The molecule has 0 spiro atoms. The molecule has 0 aromatic heterocycles. The fourth-order valence-corrected chi connectivity index (χ4v) is 6.75. The van der Waals surface area contributed by atoms with Gasteiger partial charge in [0.15, 0.2) is 0 Å². The molecule has 242 valence electrons. The molecule has 0 bridgehead atoms. The molecule has 0 aliphatic carbocycles. The number of nitrogens with one attached hydrogen (secondary N) is 1. The van der Waals surface area contributed by atoms with Gasteiger partial charge in [0.2, 0.25) is 11.8 Å². The summed E-state index contributed by atoms with van der Waals surface area (Å²) in [4.78, 5) is 30.1. The topological polar surface area (TPSA) is 96.0 Å².